The smallest absolute Gasteiger partial charge is 0.252 e. The van der Waals surface area contributed by atoms with E-state index in [0.717, 1.165) is 31.5 Å². The predicted molar refractivity (Wildman–Crippen MR) is 66.9 cm³/mol. The molecule has 4 heteroatoms. The van der Waals surface area contributed by atoms with E-state index in [4.69, 9.17) is 0 Å². The van der Waals surface area contributed by atoms with Gasteiger partial charge in [0.05, 0.1) is 0 Å². The molecule has 0 spiro atoms. The molecule has 2 N–H and O–H groups in total. The van der Waals surface area contributed by atoms with Crippen molar-refractivity contribution >= 4 is 5.95 Å². The molecule has 0 fully saturated rings. The van der Waals surface area contributed by atoms with E-state index in [1.165, 1.54) is 12.8 Å². The van der Waals surface area contributed by atoms with Crippen LogP contribution in [0.4, 0.5) is 5.95 Å². The number of aromatic amines is 1. The number of aromatic nitrogens is 2. The van der Waals surface area contributed by atoms with Crippen LogP contribution >= 0.6 is 0 Å². The Labute approximate surface area is 96.5 Å². The molecule has 0 saturated carbocycles. The van der Waals surface area contributed by atoms with Crippen LogP contribution in [0, 0.1) is 0 Å². The molecule has 0 aliphatic heterocycles. The minimum Gasteiger partial charge on any atom is -0.356 e. The van der Waals surface area contributed by atoms with Gasteiger partial charge in [0.1, 0.15) is 0 Å². The molecule has 0 aliphatic rings. The van der Waals surface area contributed by atoms with E-state index < -0.39 is 0 Å². The number of H-pyrrole nitrogens is 1. The standard InChI is InChI=1S/C12H21N3O/c1-3-5-6-8-13-12-14-10(7-4-2)9-11(16)15-12/h9H,3-8H2,1-2H3,(H2,13,14,15,16). The fourth-order valence-electron chi connectivity index (χ4n) is 1.56. The number of anilines is 1. The van der Waals surface area contributed by atoms with Crippen molar-refractivity contribution in [2.75, 3.05) is 11.9 Å². The van der Waals surface area contributed by atoms with Gasteiger partial charge in [0.15, 0.2) is 0 Å². The Kier molecular flexibility index (Phi) is 5.61. The zero-order valence-electron chi connectivity index (χ0n) is 10.2. The van der Waals surface area contributed by atoms with Crippen molar-refractivity contribution in [3.63, 3.8) is 0 Å². The van der Waals surface area contributed by atoms with Gasteiger partial charge in [-0.1, -0.05) is 33.1 Å². The lowest BCUT2D eigenvalue weighted by molar-refractivity contribution is 0.738. The first-order valence-corrected chi connectivity index (χ1v) is 6.10. The molecule has 0 atom stereocenters. The Hall–Kier alpha value is -1.32. The molecule has 1 heterocycles. The van der Waals surface area contributed by atoms with E-state index in [1.807, 2.05) is 0 Å². The SMILES string of the molecule is CCCCCNc1nc(CCC)cc(=O)[nH]1. The Morgan fingerprint density at radius 2 is 2.12 bits per heavy atom. The summed E-state index contributed by atoms with van der Waals surface area (Å²) < 4.78 is 0. The Bertz CT molecular complexity index is 360. The van der Waals surface area contributed by atoms with Gasteiger partial charge in [-0.25, -0.2) is 4.98 Å². The third-order valence-electron chi connectivity index (χ3n) is 2.37. The third kappa shape index (κ3) is 4.47. The van der Waals surface area contributed by atoms with Crippen LogP contribution in [0.15, 0.2) is 10.9 Å². The maximum atomic E-state index is 11.3. The van der Waals surface area contributed by atoms with Crippen LogP contribution in [0.1, 0.15) is 45.2 Å². The van der Waals surface area contributed by atoms with E-state index in [9.17, 15) is 4.79 Å². The van der Waals surface area contributed by atoms with Crippen molar-refractivity contribution in [1.82, 2.24) is 9.97 Å². The second-order valence-corrected chi connectivity index (χ2v) is 3.97. The summed E-state index contributed by atoms with van der Waals surface area (Å²) in [5.41, 5.74) is 0.792. The third-order valence-corrected chi connectivity index (χ3v) is 2.37. The average Bonchev–Trinajstić information content (AvgIpc) is 2.24. The lowest BCUT2D eigenvalue weighted by Gasteiger charge is -2.06. The molecule has 0 radical (unpaired) electrons. The number of nitrogens with one attached hydrogen (secondary N) is 2. The molecule has 4 nitrogen and oxygen atoms in total. The van der Waals surface area contributed by atoms with Crippen molar-refractivity contribution in [2.24, 2.45) is 0 Å². The summed E-state index contributed by atoms with van der Waals surface area (Å²) in [4.78, 5) is 18.4. The van der Waals surface area contributed by atoms with Crippen LogP contribution in [0.5, 0.6) is 0 Å². The zero-order chi connectivity index (χ0) is 11.8. The molecule has 1 aromatic heterocycles. The predicted octanol–water partition coefficient (Wildman–Crippen LogP) is 2.32. The van der Waals surface area contributed by atoms with E-state index >= 15 is 0 Å². The number of aryl methyl sites for hydroxylation is 1. The van der Waals surface area contributed by atoms with Crippen LogP contribution in [-0.2, 0) is 6.42 Å². The van der Waals surface area contributed by atoms with E-state index in [1.54, 1.807) is 6.07 Å². The summed E-state index contributed by atoms with van der Waals surface area (Å²) in [6, 6.07) is 1.57. The number of nitrogens with zero attached hydrogens (tertiary/aromatic N) is 1. The molecular weight excluding hydrogens is 202 g/mol. The highest BCUT2D eigenvalue weighted by Crippen LogP contribution is 2.01. The molecule has 0 bridgehead atoms. The van der Waals surface area contributed by atoms with Crippen LogP contribution < -0.4 is 10.9 Å². The zero-order valence-corrected chi connectivity index (χ0v) is 10.2. The van der Waals surface area contributed by atoms with Gasteiger partial charge >= 0.3 is 0 Å². The summed E-state index contributed by atoms with van der Waals surface area (Å²) >= 11 is 0. The molecule has 90 valence electrons. The first-order valence-electron chi connectivity index (χ1n) is 6.10. The minimum absolute atomic E-state index is 0.0727. The number of rotatable bonds is 7. The molecule has 0 unspecified atom stereocenters. The van der Waals surface area contributed by atoms with Crippen molar-refractivity contribution < 1.29 is 0 Å². The van der Waals surface area contributed by atoms with Crippen molar-refractivity contribution in [3.8, 4) is 0 Å². The van der Waals surface area contributed by atoms with Crippen molar-refractivity contribution in [1.29, 1.82) is 0 Å². The van der Waals surface area contributed by atoms with Gasteiger partial charge in [0.2, 0.25) is 5.95 Å². The van der Waals surface area contributed by atoms with Gasteiger partial charge < -0.3 is 5.32 Å². The topological polar surface area (TPSA) is 57.8 Å². The Balaban J connectivity index is 2.54. The van der Waals surface area contributed by atoms with Gasteiger partial charge in [0.25, 0.3) is 5.56 Å². The molecule has 0 aromatic carbocycles. The number of hydrogen-bond acceptors (Lipinski definition) is 3. The summed E-state index contributed by atoms with van der Waals surface area (Å²) in [7, 11) is 0. The van der Waals surface area contributed by atoms with Crippen molar-refractivity contribution in [2.45, 2.75) is 46.0 Å². The molecule has 16 heavy (non-hydrogen) atoms. The van der Waals surface area contributed by atoms with Crippen LogP contribution in [0.2, 0.25) is 0 Å². The largest absolute Gasteiger partial charge is 0.356 e. The summed E-state index contributed by atoms with van der Waals surface area (Å²) in [6.07, 6.45) is 5.37. The van der Waals surface area contributed by atoms with Gasteiger partial charge in [-0.15, -0.1) is 0 Å². The fourth-order valence-corrected chi connectivity index (χ4v) is 1.56. The van der Waals surface area contributed by atoms with E-state index in [-0.39, 0.29) is 5.56 Å². The average molecular weight is 223 g/mol. The highest BCUT2D eigenvalue weighted by molar-refractivity contribution is 5.24. The summed E-state index contributed by atoms with van der Waals surface area (Å²) in [5, 5.41) is 3.15. The van der Waals surface area contributed by atoms with Gasteiger partial charge in [-0.05, 0) is 12.8 Å². The first-order chi connectivity index (χ1) is 7.76. The molecule has 0 aliphatic carbocycles. The summed E-state index contributed by atoms with van der Waals surface area (Å²) in [6.45, 7) is 5.12. The summed E-state index contributed by atoms with van der Waals surface area (Å²) in [5.74, 6) is 0.604. The quantitative estimate of drug-likeness (QED) is 0.697. The molecular formula is C12H21N3O. The van der Waals surface area contributed by atoms with E-state index in [2.05, 4.69) is 29.1 Å². The van der Waals surface area contributed by atoms with Gasteiger partial charge in [0, 0.05) is 18.3 Å². The molecule has 1 aromatic rings. The normalized spacial score (nSPS) is 10.4. The maximum absolute atomic E-state index is 11.3. The van der Waals surface area contributed by atoms with Crippen LogP contribution in [0.3, 0.4) is 0 Å². The fraction of sp³-hybridized carbons (Fsp3) is 0.667. The highest BCUT2D eigenvalue weighted by atomic mass is 16.1. The van der Waals surface area contributed by atoms with Crippen LogP contribution in [0.25, 0.3) is 0 Å². The van der Waals surface area contributed by atoms with Gasteiger partial charge in [-0.2, -0.15) is 0 Å². The second-order valence-electron chi connectivity index (χ2n) is 3.97. The molecule has 0 amide bonds. The monoisotopic (exact) mass is 223 g/mol. The van der Waals surface area contributed by atoms with Crippen LogP contribution in [-0.4, -0.2) is 16.5 Å². The van der Waals surface area contributed by atoms with E-state index in [0.29, 0.717) is 5.95 Å². The highest BCUT2D eigenvalue weighted by Gasteiger charge is 1.99. The Morgan fingerprint density at radius 3 is 2.81 bits per heavy atom. The minimum atomic E-state index is -0.0727. The molecule has 0 saturated heterocycles. The first kappa shape index (κ1) is 12.7. The second kappa shape index (κ2) is 7.04. The number of unbranched alkanes of at least 4 members (excludes halogenated alkanes) is 2. The molecule has 1 rings (SSSR count). The lowest BCUT2D eigenvalue weighted by atomic mass is 10.2. The van der Waals surface area contributed by atoms with Gasteiger partial charge in [-0.3, -0.25) is 9.78 Å². The lowest BCUT2D eigenvalue weighted by Crippen LogP contribution is -2.14. The van der Waals surface area contributed by atoms with Crippen molar-refractivity contribution in [3.05, 3.63) is 22.1 Å². The maximum Gasteiger partial charge on any atom is 0.252 e. The number of hydrogen-bond donors (Lipinski definition) is 2. The Morgan fingerprint density at radius 1 is 1.31 bits per heavy atom.